The number of hydrogen-bond donors (Lipinski definition) is 1. The predicted octanol–water partition coefficient (Wildman–Crippen LogP) is 4.02. The zero-order valence-electron chi connectivity index (χ0n) is 14.8. The smallest absolute Gasteiger partial charge is 0.273 e. The molecule has 0 aliphatic carbocycles. The highest BCUT2D eigenvalue weighted by atomic mass is 32.1. The van der Waals surface area contributed by atoms with Gasteiger partial charge in [-0.2, -0.15) is 0 Å². The molecule has 0 atom stereocenters. The number of carbonyl (C=O) groups excluding carboxylic acids is 1. The van der Waals surface area contributed by atoms with Gasteiger partial charge in [0, 0.05) is 17.0 Å². The molecule has 1 heterocycles. The van der Waals surface area contributed by atoms with E-state index in [9.17, 15) is 23.7 Å². The molecule has 3 rings (SSSR count). The lowest BCUT2D eigenvalue weighted by Gasteiger charge is -2.09. The van der Waals surface area contributed by atoms with Gasteiger partial charge in [0.05, 0.1) is 23.8 Å². The summed E-state index contributed by atoms with van der Waals surface area (Å²) in [6.45, 7) is -0.447. The molecular formula is C18H13F2N3O5S. The van der Waals surface area contributed by atoms with Gasteiger partial charge in [0.15, 0.2) is 34.9 Å². The van der Waals surface area contributed by atoms with Crippen molar-refractivity contribution in [3.63, 3.8) is 0 Å². The fraction of sp³-hybridized carbons (Fsp3) is 0.111. The standard InChI is InChI=1S/C18H13F2N3O5S/c1-27-15-5-3-11(23(25)26)7-16(15)28-8-17(24)22-18-21-14(9-29-18)10-2-4-12(19)13(20)6-10/h2-7,9H,8H2,1H3,(H,21,22,24). The van der Waals surface area contributed by atoms with Crippen molar-refractivity contribution in [2.75, 3.05) is 19.0 Å². The van der Waals surface area contributed by atoms with Gasteiger partial charge in [-0.15, -0.1) is 11.3 Å². The van der Waals surface area contributed by atoms with Crippen LogP contribution < -0.4 is 14.8 Å². The van der Waals surface area contributed by atoms with E-state index in [-0.39, 0.29) is 22.3 Å². The number of amides is 1. The van der Waals surface area contributed by atoms with E-state index in [0.717, 1.165) is 29.5 Å². The zero-order valence-corrected chi connectivity index (χ0v) is 15.7. The molecule has 0 radical (unpaired) electrons. The van der Waals surface area contributed by atoms with Gasteiger partial charge in [0.1, 0.15) is 0 Å². The molecule has 11 heteroatoms. The van der Waals surface area contributed by atoms with Crippen LogP contribution >= 0.6 is 11.3 Å². The van der Waals surface area contributed by atoms with Crippen LogP contribution in [0.15, 0.2) is 41.8 Å². The minimum absolute atomic E-state index is 0.0402. The Morgan fingerprint density at radius 3 is 2.69 bits per heavy atom. The Labute approximate surface area is 166 Å². The number of nitro benzene ring substituents is 1. The number of nitrogens with one attached hydrogen (secondary N) is 1. The Hall–Kier alpha value is -3.60. The molecular weight excluding hydrogens is 408 g/mol. The third-order valence-corrected chi connectivity index (χ3v) is 4.44. The summed E-state index contributed by atoms with van der Waals surface area (Å²) in [5, 5.41) is 15.2. The Bertz CT molecular complexity index is 1070. The van der Waals surface area contributed by atoms with Crippen LogP contribution in [-0.2, 0) is 4.79 Å². The zero-order chi connectivity index (χ0) is 21.0. The van der Waals surface area contributed by atoms with Crippen LogP contribution in [0.2, 0.25) is 0 Å². The molecule has 0 spiro atoms. The number of ether oxygens (including phenoxy) is 2. The molecule has 0 unspecified atom stereocenters. The lowest BCUT2D eigenvalue weighted by atomic mass is 10.2. The molecule has 1 N–H and O–H groups in total. The highest BCUT2D eigenvalue weighted by Gasteiger charge is 2.15. The quantitative estimate of drug-likeness (QED) is 0.456. The van der Waals surface area contributed by atoms with E-state index in [1.165, 1.54) is 25.3 Å². The van der Waals surface area contributed by atoms with E-state index in [4.69, 9.17) is 9.47 Å². The predicted molar refractivity (Wildman–Crippen MR) is 101 cm³/mol. The summed E-state index contributed by atoms with van der Waals surface area (Å²) in [6.07, 6.45) is 0. The number of hydrogen-bond acceptors (Lipinski definition) is 7. The first-order valence-corrected chi connectivity index (χ1v) is 8.91. The van der Waals surface area contributed by atoms with Crippen LogP contribution in [0.3, 0.4) is 0 Å². The summed E-state index contributed by atoms with van der Waals surface area (Å²) < 4.78 is 36.7. The van der Waals surface area contributed by atoms with E-state index in [1.54, 1.807) is 5.38 Å². The summed E-state index contributed by atoms with van der Waals surface area (Å²) in [4.78, 5) is 26.5. The monoisotopic (exact) mass is 421 g/mol. The SMILES string of the molecule is COc1ccc([N+](=O)[O-])cc1OCC(=O)Nc1nc(-c2ccc(F)c(F)c2)cs1. The molecule has 3 aromatic rings. The summed E-state index contributed by atoms with van der Waals surface area (Å²) in [7, 11) is 1.36. The number of non-ortho nitro benzene ring substituents is 1. The molecule has 8 nitrogen and oxygen atoms in total. The number of carbonyl (C=O) groups is 1. The molecule has 0 aliphatic rings. The highest BCUT2D eigenvalue weighted by Crippen LogP contribution is 2.31. The van der Waals surface area contributed by atoms with Crippen molar-refractivity contribution in [1.82, 2.24) is 4.98 Å². The van der Waals surface area contributed by atoms with Crippen molar-refractivity contribution in [1.29, 1.82) is 0 Å². The molecule has 1 amide bonds. The molecule has 0 saturated carbocycles. The molecule has 0 aliphatic heterocycles. The van der Waals surface area contributed by atoms with Crippen LogP contribution in [0.25, 0.3) is 11.3 Å². The summed E-state index contributed by atoms with van der Waals surface area (Å²) in [5.41, 5.74) is 0.515. The van der Waals surface area contributed by atoms with Gasteiger partial charge in [0.25, 0.3) is 11.6 Å². The van der Waals surface area contributed by atoms with E-state index in [0.29, 0.717) is 11.3 Å². The maximum atomic E-state index is 13.3. The molecule has 1 aromatic heterocycles. The number of thiazole rings is 1. The summed E-state index contributed by atoms with van der Waals surface area (Å²) in [6, 6.07) is 7.13. The average molecular weight is 421 g/mol. The fourth-order valence-corrected chi connectivity index (χ4v) is 3.05. The Balaban J connectivity index is 1.65. The van der Waals surface area contributed by atoms with Gasteiger partial charge < -0.3 is 9.47 Å². The topological polar surface area (TPSA) is 104 Å². The number of halogens is 2. The van der Waals surface area contributed by atoms with Crippen LogP contribution in [0.1, 0.15) is 0 Å². The third-order valence-electron chi connectivity index (χ3n) is 3.68. The van der Waals surface area contributed by atoms with E-state index < -0.39 is 29.1 Å². The second-order valence-corrected chi connectivity index (χ2v) is 6.45. The Kier molecular flexibility index (Phi) is 5.98. The van der Waals surface area contributed by atoms with Crippen LogP contribution in [-0.4, -0.2) is 29.5 Å². The molecule has 0 saturated heterocycles. The summed E-state index contributed by atoms with van der Waals surface area (Å²) in [5.74, 6) is -2.26. The number of methoxy groups -OCH3 is 1. The van der Waals surface area contributed by atoms with Crippen molar-refractivity contribution < 1.29 is 28.0 Å². The molecule has 0 fully saturated rings. The first-order valence-electron chi connectivity index (χ1n) is 8.03. The van der Waals surface area contributed by atoms with Gasteiger partial charge in [-0.1, -0.05) is 0 Å². The van der Waals surface area contributed by atoms with Crippen molar-refractivity contribution in [3.05, 3.63) is 63.5 Å². The van der Waals surface area contributed by atoms with Crippen LogP contribution in [0, 0.1) is 21.7 Å². The lowest BCUT2D eigenvalue weighted by molar-refractivity contribution is -0.385. The van der Waals surface area contributed by atoms with Crippen molar-refractivity contribution >= 4 is 28.1 Å². The molecule has 29 heavy (non-hydrogen) atoms. The van der Waals surface area contributed by atoms with Gasteiger partial charge in [0.2, 0.25) is 0 Å². The van der Waals surface area contributed by atoms with Crippen LogP contribution in [0.4, 0.5) is 19.6 Å². The van der Waals surface area contributed by atoms with Crippen molar-refractivity contribution in [2.45, 2.75) is 0 Å². The highest BCUT2D eigenvalue weighted by molar-refractivity contribution is 7.14. The maximum Gasteiger partial charge on any atom is 0.273 e. The fourth-order valence-electron chi connectivity index (χ4n) is 2.31. The third kappa shape index (κ3) is 4.82. The van der Waals surface area contributed by atoms with E-state index in [2.05, 4.69) is 10.3 Å². The van der Waals surface area contributed by atoms with E-state index in [1.807, 2.05) is 0 Å². The number of aromatic nitrogens is 1. The molecule has 150 valence electrons. The van der Waals surface area contributed by atoms with Gasteiger partial charge in [-0.05, 0) is 24.3 Å². The summed E-state index contributed by atoms with van der Waals surface area (Å²) >= 11 is 1.09. The number of anilines is 1. The van der Waals surface area contributed by atoms with Gasteiger partial charge >= 0.3 is 0 Å². The second kappa shape index (κ2) is 8.61. The minimum Gasteiger partial charge on any atom is -0.493 e. The second-order valence-electron chi connectivity index (χ2n) is 5.60. The maximum absolute atomic E-state index is 13.3. The van der Waals surface area contributed by atoms with Gasteiger partial charge in [-0.25, -0.2) is 13.8 Å². The number of rotatable bonds is 7. The minimum atomic E-state index is -1.000. The first-order chi connectivity index (χ1) is 13.9. The van der Waals surface area contributed by atoms with Gasteiger partial charge in [-0.3, -0.25) is 20.2 Å². The number of benzene rings is 2. The van der Waals surface area contributed by atoms with Crippen molar-refractivity contribution in [2.24, 2.45) is 0 Å². The number of nitrogens with zero attached hydrogens (tertiary/aromatic N) is 2. The van der Waals surface area contributed by atoms with Crippen LogP contribution in [0.5, 0.6) is 11.5 Å². The Morgan fingerprint density at radius 1 is 1.21 bits per heavy atom. The first kappa shape index (κ1) is 20.1. The molecule has 0 bridgehead atoms. The molecule has 2 aromatic carbocycles. The average Bonchev–Trinajstić information content (AvgIpc) is 3.16. The van der Waals surface area contributed by atoms with E-state index >= 15 is 0 Å². The lowest BCUT2D eigenvalue weighted by Crippen LogP contribution is -2.20. The largest absolute Gasteiger partial charge is 0.493 e. The normalized spacial score (nSPS) is 10.4. The Morgan fingerprint density at radius 2 is 2.00 bits per heavy atom. The number of nitro groups is 1. The van der Waals surface area contributed by atoms with Crippen molar-refractivity contribution in [3.8, 4) is 22.8 Å².